The van der Waals surface area contributed by atoms with E-state index in [1.54, 1.807) is 12.1 Å². The molecule has 0 saturated carbocycles. The van der Waals surface area contributed by atoms with Crippen molar-refractivity contribution in [3.8, 4) is 0 Å². The third-order valence-corrected chi connectivity index (χ3v) is 2.09. The number of aromatic carboxylic acids is 1. The number of carbonyl (C=O) groups excluding carboxylic acids is 1. The fourth-order valence-corrected chi connectivity index (χ4v) is 1.18. The Kier molecular flexibility index (Phi) is 4.17. The maximum atomic E-state index is 10.9. The zero-order chi connectivity index (χ0) is 11.3. The molecule has 1 aromatic rings. The van der Waals surface area contributed by atoms with Gasteiger partial charge in [-0.1, -0.05) is 12.1 Å². The highest BCUT2D eigenvalue weighted by Crippen LogP contribution is 2.04. The lowest BCUT2D eigenvalue weighted by molar-refractivity contribution is -0.118. The number of benzene rings is 1. The Labute approximate surface area is 92.7 Å². The summed E-state index contributed by atoms with van der Waals surface area (Å²) in [5.74, 6) is -1.03. The zero-order valence-corrected chi connectivity index (χ0v) is 8.83. The summed E-state index contributed by atoms with van der Waals surface area (Å²) in [4.78, 5) is 21.5. The molecule has 15 heavy (non-hydrogen) atoms. The Morgan fingerprint density at radius 2 is 2.13 bits per heavy atom. The van der Waals surface area contributed by atoms with Crippen LogP contribution in [0.1, 0.15) is 15.9 Å². The first-order valence-corrected chi connectivity index (χ1v) is 4.96. The van der Waals surface area contributed by atoms with Crippen LogP contribution in [0.15, 0.2) is 24.3 Å². The molecule has 0 heterocycles. The van der Waals surface area contributed by atoms with Gasteiger partial charge in [-0.2, -0.15) is 12.6 Å². The number of amides is 1. The molecular weight excluding hydrogens is 214 g/mol. The smallest absolute Gasteiger partial charge is 0.335 e. The second-order valence-electron chi connectivity index (χ2n) is 2.94. The van der Waals surface area contributed by atoms with E-state index in [2.05, 4.69) is 17.9 Å². The Hall–Kier alpha value is -1.49. The summed E-state index contributed by atoms with van der Waals surface area (Å²) in [5, 5.41) is 11.3. The topological polar surface area (TPSA) is 66.4 Å². The largest absolute Gasteiger partial charge is 0.478 e. The van der Waals surface area contributed by atoms with Crippen molar-refractivity contribution >= 4 is 24.5 Å². The van der Waals surface area contributed by atoms with E-state index in [1.807, 2.05) is 0 Å². The van der Waals surface area contributed by atoms with E-state index in [0.717, 1.165) is 5.56 Å². The lowest BCUT2D eigenvalue weighted by Crippen LogP contribution is -2.23. The van der Waals surface area contributed by atoms with Crippen LogP contribution < -0.4 is 5.32 Å². The highest BCUT2D eigenvalue weighted by Gasteiger charge is 2.03. The van der Waals surface area contributed by atoms with Crippen LogP contribution in [0.2, 0.25) is 0 Å². The first kappa shape index (κ1) is 11.6. The van der Waals surface area contributed by atoms with Crippen molar-refractivity contribution in [2.75, 3.05) is 5.75 Å². The fourth-order valence-electron chi connectivity index (χ4n) is 1.07. The van der Waals surface area contributed by atoms with Gasteiger partial charge in [0.2, 0.25) is 5.91 Å². The Balaban J connectivity index is 2.66. The minimum absolute atomic E-state index is 0.124. The van der Waals surface area contributed by atoms with Gasteiger partial charge < -0.3 is 10.4 Å². The second kappa shape index (κ2) is 5.41. The molecule has 80 valence electrons. The number of nitrogens with one attached hydrogen (secondary N) is 1. The standard InChI is InChI=1S/C10H11NO3S/c12-9(6-15)11-5-7-2-1-3-8(4-7)10(13)14/h1-4,15H,5-6H2,(H,11,12)(H,13,14). The number of hydrogen-bond donors (Lipinski definition) is 3. The maximum absolute atomic E-state index is 10.9. The number of rotatable bonds is 4. The SMILES string of the molecule is O=C(CS)NCc1cccc(C(=O)O)c1. The van der Waals surface area contributed by atoms with Gasteiger partial charge in [-0.15, -0.1) is 0 Å². The van der Waals surface area contributed by atoms with Crippen molar-refractivity contribution < 1.29 is 14.7 Å². The van der Waals surface area contributed by atoms with Crippen molar-refractivity contribution in [1.29, 1.82) is 0 Å². The highest BCUT2D eigenvalue weighted by molar-refractivity contribution is 7.81. The van der Waals surface area contributed by atoms with Crippen LogP contribution in [0.25, 0.3) is 0 Å². The molecule has 1 amide bonds. The van der Waals surface area contributed by atoms with E-state index >= 15 is 0 Å². The van der Waals surface area contributed by atoms with E-state index in [4.69, 9.17) is 5.11 Å². The molecule has 0 fully saturated rings. The summed E-state index contributed by atoms with van der Waals surface area (Å²) in [6.07, 6.45) is 0. The molecule has 0 aliphatic carbocycles. The van der Waals surface area contributed by atoms with Crippen LogP contribution in [0.3, 0.4) is 0 Å². The van der Waals surface area contributed by atoms with Gasteiger partial charge in [0.05, 0.1) is 11.3 Å². The lowest BCUT2D eigenvalue weighted by atomic mass is 10.1. The predicted molar refractivity (Wildman–Crippen MR) is 59.1 cm³/mol. The van der Waals surface area contributed by atoms with Crippen LogP contribution in [-0.2, 0) is 11.3 Å². The van der Waals surface area contributed by atoms with E-state index in [-0.39, 0.29) is 17.2 Å². The van der Waals surface area contributed by atoms with Crippen molar-refractivity contribution in [3.63, 3.8) is 0 Å². The third-order valence-electron chi connectivity index (χ3n) is 1.81. The van der Waals surface area contributed by atoms with Gasteiger partial charge in [-0.25, -0.2) is 4.79 Å². The molecule has 0 bridgehead atoms. The maximum Gasteiger partial charge on any atom is 0.335 e. The molecule has 0 spiro atoms. The predicted octanol–water partition coefficient (Wildman–Crippen LogP) is 0.931. The van der Waals surface area contributed by atoms with Crippen molar-refractivity contribution in [2.24, 2.45) is 0 Å². The minimum atomic E-state index is -0.975. The number of thiol groups is 1. The Morgan fingerprint density at radius 3 is 2.73 bits per heavy atom. The summed E-state index contributed by atoms with van der Waals surface area (Å²) in [7, 11) is 0. The van der Waals surface area contributed by atoms with Crippen LogP contribution in [0.5, 0.6) is 0 Å². The molecule has 0 aliphatic rings. The van der Waals surface area contributed by atoms with Gasteiger partial charge in [0.15, 0.2) is 0 Å². The number of carbonyl (C=O) groups is 2. The number of carboxylic acid groups (broad SMARTS) is 1. The molecule has 0 atom stereocenters. The quantitative estimate of drug-likeness (QED) is 0.668. The first-order chi connectivity index (χ1) is 7.13. The lowest BCUT2D eigenvalue weighted by Gasteiger charge is -2.04. The van der Waals surface area contributed by atoms with Gasteiger partial charge in [0, 0.05) is 6.54 Å². The average molecular weight is 225 g/mol. The summed E-state index contributed by atoms with van der Waals surface area (Å²) in [5.41, 5.74) is 0.970. The van der Waals surface area contributed by atoms with Gasteiger partial charge in [0.1, 0.15) is 0 Å². The van der Waals surface area contributed by atoms with Crippen LogP contribution in [0.4, 0.5) is 0 Å². The molecule has 2 N–H and O–H groups in total. The van der Waals surface area contributed by atoms with E-state index in [9.17, 15) is 9.59 Å². The molecule has 5 heteroatoms. The number of carboxylic acids is 1. The van der Waals surface area contributed by atoms with E-state index < -0.39 is 5.97 Å². The first-order valence-electron chi connectivity index (χ1n) is 4.33. The normalized spacial score (nSPS) is 9.67. The highest BCUT2D eigenvalue weighted by atomic mass is 32.1. The number of hydrogen-bond acceptors (Lipinski definition) is 3. The molecule has 1 aromatic carbocycles. The minimum Gasteiger partial charge on any atom is -0.478 e. The molecule has 0 radical (unpaired) electrons. The monoisotopic (exact) mass is 225 g/mol. The molecule has 0 aliphatic heterocycles. The van der Waals surface area contributed by atoms with Gasteiger partial charge in [-0.05, 0) is 17.7 Å². The second-order valence-corrected chi connectivity index (χ2v) is 3.26. The summed E-state index contributed by atoms with van der Waals surface area (Å²) < 4.78 is 0. The van der Waals surface area contributed by atoms with Crippen LogP contribution in [0, 0.1) is 0 Å². The molecule has 0 unspecified atom stereocenters. The van der Waals surface area contributed by atoms with Crippen molar-refractivity contribution in [3.05, 3.63) is 35.4 Å². The molecule has 0 aromatic heterocycles. The van der Waals surface area contributed by atoms with E-state index in [0.29, 0.717) is 6.54 Å². The van der Waals surface area contributed by atoms with Gasteiger partial charge in [-0.3, -0.25) is 4.79 Å². The van der Waals surface area contributed by atoms with Gasteiger partial charge >= 0.3 is 5.97 Å². The Bertz CT molecular complexity index is 379. The van der Waals surface area contributed by atoms with E-state index in [1.165, 1.54) is 12.1 Å². The van der Waals surface area contributed by atoms with Crippen molar-refractivity contribution in [1.82, 2.24) is 5.32 Å². The van der Waals surface area contributed by atoms with Crippen molar-refractivity contribution in [2.45, 2.75) is 6.54 Å². The fraction of sp³-hybridized carbons (Fsp3) is 0.200. The molecular formula is C10H11NO3S. The van der Waals surface area contributed by atoms with Crippen LogP contribution >= 0.6 is 12.6 Å². The summed E-state index contributed by atoms with van der Waals surface area (Å²) in [6, 6.07) is 6.43. The van der Waals surface area contributed by atoms with Crippen LogP contribution in [-0.4, -0.2) is 22.7 Å². The summed E-state index contributed by atoms with van der Waals surface area (Å²) in [6.45, 7) is 0.320. The zero-order valence-electron chi connectivity index (χ0n) is 7.93. The van der Waals surface area contributed by atoms with Gasteiger partial charge in [0.25, 0.3) is 0 Å². The molecule has 1 rings (SSSR count). The molecule has 0 saturated heterocycles. The average Bonchev–Trinajstić information content (AvgIpc) is 2.26. The Morgan fingerprint density at radius 1 is 1.40 bits per heavy atom. The molecule has 4 nitrogen and oxygen atoms in total. The third kappa shape index (κ3) is 3.63. The summed E-state index contributed by atoms with van der Waals surface area (Å²) >= 11 is 3.81.